The lowest BCUT2D eigenvalue weighted by atomic mass is 9.97. The lowest BCUT2D eigenvalue weighted by Gasteiger charge is -2.20. The van der Waals surface area contributed by atoms with E-state index >= 15 is 0 Å². The summed E-state index contributed by atoms with van der Waals surface area (Å²) in [6.45, 7) is 0. The van der Waals surface area contributed by atoms with Gasteiger partial charge in [-0.2, -0.15) is 0 Å². The van der Waals surface area contributed by atoms with Crippen molar-refractivity contribution in [3.63, 3.8) is 0 Å². The van der Waals surface area contributed by atoms with E-state index in [1.165, 1.54) is 6.07 Å². The zero-order chi connectivity index (χ0) is 23.1. The van der Waals surface area contributed by atoms with Gasteiger partial charge in [-0.15, -0.1) is 10.2 Å². The minimum absolute atomic E-state index is 0.121. The average Bonchev–Trinajstić information content (AvgIpc) is 2.80. The first-order chi connectivity index (χ1) is 15.3. The van der Waals surface area contributed by atoms with Gasteiger partial charge in [0.05, 0.1) is 0 Å². The van der Waals surface area contributed by atoms with Crippen LogP contribution in [0.4, 0.5) is 0 Å². The molecule has 9 heteroatoms. The molecule has 4 N–H and O–H groups in total. The number of carbonyl (C=O) groups excluding carboxylic acids is 1. The SMILES string of the molecule is O=C(O)c1ccc(C(=O)NC(Cc2ccc(-c3ccccc3)cc2)C[C@@H](O)C(=O)O)nn1. The van der Waals surface area contributed by atoms with E-state index in [-0.39, 0.29) is 24.2 Å². The first-order valence-corrected chi connectivity index (χ1v) is 9.76. The summed E-state index contributed by atoms with van der Waals surface area (Å²) in [5.74, 6) is -3.32. The highest BCUT2D eigenvalue weighted by Crippen LogP contribution is 2.20. The second kappa shape index (κ2) is 10.3. The molecule has 164 valence electrons. The van der Waals surface area contributed by atoms with Crippen LogP contribution in [0, 0.1) is 0 Å². The molecule has 0 radical (unpaired) electrons. The van der Waals surface area contributed by atoms with E-state index in [1.807, 2.05) is 54.6 Å². The Balaban J connectivity index is 1.74. The smallest absolute Gasteiger partial charge is 0.356 e. The Hall–Kier alpha value is -4.11. The van der Waals surface area contributed by atoms with E-state index in [4.69, 9.17) is 10.2 Å². The van der Waals surface area contributed by atoms with Crippen LogP contribution in [0.15, 0.2) is 66.7 Å². The summed E-state index contributed by atoms with van der Waals surface area (Å²) in [6.07, 6.45) is -1.61. The van der Waals surface area contributed by atoms with E-state index in [0.29, 0.717) is 0 Å². The van der Waals surface area contributed by atoms with Crippen LogP contribution >= 0.6 is 0 Å². The molecule has 32 heavy (non-hydrogen) atoms. The van der Waals surface area contributed by atoms with Crippen LogP contribution in [0.2, 0.25) is 0 Å². The molecule has 2 aromatic carbocycles. The molecule has 0 aliphatic rings. The summed E-state index contributed by atoms with van der Waals surface area (Å²) in [5.41, 5.74) is 2.46. The van der Waals surface area contributed by atoms with E-state index in [0.717, 1.165) is 22.8 Å². The number of benzene rings is 2. The van der Waals surface area contributed by atoms with Crippen molar-refractivity contribution in [2.45, 2.75) is 25.0 Å². The summed E-state index contributed by atoms with van der Waals surface area (Å²) in [7, 11) is 0. The maximum absolute atomic E-state index is 12.5. The number of aliphatic hydroxyl groups is 1. The van der Waals surface area contributed by atoms with Gasteiger partial charge in [0, 0.05) is 12.5 Å². The van der Waals surface area contributed by atoms with Gasteiger partial charge in [-0.25, -0.2) is 9.59 Å². The van der Waals surface area contributed by atoms with Crippen molar-refractivity contribution >= 4 is 17.8 Å². The lowest BCUT2D eigenvalue weighted by molar-refractivity contribution is -0.147. The largest absolute Gasteiger partial charge is 0.479 e. The molecule has 0 saturated carbocycles. The van der Waals surface area contributed by atoms with Crippen LogP contribution in [0.5, 0.6) is 0 Å². The van der Waals surface area contributed by atoms with Crippen molar-refractivity contribution in [3.8, 4) is 11.1 Å². The number of hydrogen-bond acceptors (Lipinski definition) is 6. The Morgan fingerprint density at radius 2 is 1.41 bits per heavy atom. The molecule has 1 amide bonds. The first kappa shape index (κ1) is 22.6. The summed E-state index contributed by atoms with van der Waals surface area (Å²) >= 11 is 0. The minimum Gasteiger partial charge on any atom is -0.479 e. The maximum Gasteiger partial charge on any atom is 0.356 e. The fourth-order valence-electron chi connectivity index (χ4n) is 3.14. The van der Waals surface area contributed by atoms with Crippen LogP contribution in [0.3, 0.4) is 0 Å². The number of carboxylic acid groups (broad SMARTS) is 2. The number of aromatic nitrogens is 2. The molecule has 3 rings (SSSR count). The van der Waals surface area contributed by atoms with Gasteiger partial charge >= 0.3 is 11.9 Å². The number of aromatic carboxylic acids is 1. The number of nitrogens with one attached hydrogen (secondary N) is 1. The zero-order valence-electron chi connectivity index (χ0n) is 16.9. The van der Waals surface area contributed by atoms with Crippen LogP contribution in [-0.2, 0) is 11.2 Å². The highest BCUT2D eigenvalue weighted by molar-refractivity contribution is 5.93. The summed E-state index contributed by atoms with van der Waals surface area (Å²) in [6, 6.07) is 19.0. The molecule has 1 heterocycles. The number of hydrogen-bond donors (Lipinski definition) is 4. The number of rotatable bonds is 9. The van der Waals surface area contributed by atoms with Crippen molar-refractivity contribution in [1.29, 1.82) is 0 Å². The second-order valence-electron chi connectivity index (χ2n) is 7.14. The maximum atomic E-state index is 12.5. The standard InChI is InChI=1S/C23H21N3O6/c27-20(23(31)32)13-17(24-21(28)18-10-11-19(22(29)30)26-25-18)12-14-6-8-16(9-7-14)15-4-2-1-3-5-15/h1-11,17,20,27H,12-13H2,(H,24,28)(H,29,30)(H,31,32)/t17?,20-/m1/s1. The Labute approximate surface area is 183 Å². The minimum atomic E-state index is -1.66. The monoisotopic (exact) mass is 435 g/mol. The topological polar surface area (TPSA) is 150 Å². The molecule has 1 unspecified atom stereocenters. The Morgan fingerprint density at radius 1 is 0.812 bits per heavy atom. The number of aliphatic hydroxyl groups excluding tert-OH is 1. The van der Waals surface area contributed by atoms with Gasteiger partial charge < -0.3 is 20.6 Å². The third-order valence-corrected chi connectivity index (χ3v) is 4.79. The van der Waals surface area contributed by atoms with Crippen LogP contribution < -0.4 is 5.32 Å². The van der Waals surface area contributed by atoms with Gasteiger partial charge in [0.15, 0.2) is 17.5 Å². The first-order valence-electron chi connectivity index (χ1n) is 9.76. The fraction of sp³-hybridized carbons (Fsp3) is 0.174. The fourth-order valence-corrected chi connectivity index (χ4v) is 3.14. The molecular weight excluding hydrogens is 414 g/mol. The third-order valence-electron chi connectivity index (χ3n) is 4.79. The predicted octanol–water partition coefficient (Wildman–Crippen LogP) is 2.02. The van der Waals surface area contributed by atoms with Crippen molar-refractivity contribution < 1.29 is 29.7 Å². The molecule has 0 spiro atoms. The molecule has 0 fully saturated rings. The number of carboxylic acids is 2. The Kier molecular flexibility index (Phi) is 7.25. The highest BCUT2D eigenvalue weighted by Gasteiger charge is 2.23. The molecule has 9 nitrogen and oxygen atoms in total. The zero-order valence-corrected chi connectivity index (χ0v) is 16.9. The molecule has 3 aromatic rings. The van der Waals surface area contributed by atoms with Gasteiger partial charge in [0.25, 0.3) is 5.91 Å². The van der Waals surface area contributed by atoms with Crippen LogP contribution in [0.1, 0.15) is 33.0 Å². The van der Waals surface area contributed by atoms with Crippen molar-refractivity contribution in [3.05, 3.63) is 83.7 Å². The van der Waals surface area contributed by atoms with Crippen LogP contribution in [0.25, 0.3) is 11.1 Å². The third kappa shape index (κ3) is 5.96. The lowest BCUT2D eigenvalue weighted by Crippen LogP contribution is -2.41. The number of carbonyl (C=O) groups is 3. The predicted molar refractivity (Wildman–Crippen MR) is 114 cm³/mol. The van der Waals surface area contributed by atoms with Gasteiger partial charge in [-0.05, 0) is 35.2 Å². The van der Waals surface area contributed by atoms with E-state index < -0.39 is 30.0 Å². The summed E-state index contributed by atoms with van der Waals surface area (Å²) in [4.78, 5) is 34.5. The number of nitrogens with zero attached hydrogens (tertiary/aromatic N) is 2. The number of aliphatic carboxylic acids is 1. The Morgan fingerprint density at radius 3 is 1.97 bits per heavy atom. The highest BCUT2D eigenvalue weighted by atomic mass is 16.4. The van der Waals surface area contributed by atoms with Crippen molar-refractivity contribution in [2.24, 2.45) is 0 Å². The summed E-state index contributed by atoms with van der Waals surface area (Å²) < 4.78 is 0. The van der Waals surface area contributed by atoms with Gasteiger partial charge in [-0.1, -0.05) is 54.6 Å². The Bertz CT molecular complexity index is 1080. The molecule has 2 atom stereocenters. The summed E-state index contributed by atoms with van der Waals surface area (Å²) in [5, 5.41) is 37.5. The molecule has 1 aromatic heterocycles. The average molecular weight is 435 g/mol. The second-order valence-corrected chi connectivity index (χ2v) is 7.14. The molecular formula is C23H21N3O6. The molecule has 0 bridgehead atoms. The number of amides is 1. The van der Waals surface area contributed by atoms with E-state index in [2.05, 4.69) is 15.5 Å². The van der Waals surface area contributed by atoms with Crippen LogP contribution in [-0.4, -0.2) is 55.5 Å². The van der Waals surface area contributed by atoms with E-state index in [9.17, 15) is 19.5 Å². The van der Waals surface area contributed by atoms with Crippen molar-refractivity contribution in [1.82, 2.24) is 15.5 Å². The molecule has 0 aliphatic carbocycles. The quantitative estimate of drug-likeness (QED) is 0.399. The van der Waals surface area contributed by atoms with Crippen molar-refractivity contribution in [2.75, 3.05) is 0 Å². The van der Waals surface area contributed by atoms with E-state index in [1.54, 1.807) is 0 Å². The molecule has 0 aliphatic heterocycles. The van der Waals surface area contributed by atoms with Gasteiger partial charge in [0.1, 0.15) is 0 Å². The van der Waals surface area contributed by atoms with Gasteiger partial charge in [0.2, 0.25) is 0 Å². The van der Waals surface area contributed by atoms with Gasteiger partial charge in [-0.3, -0.25) is 4.79 Å². The molecule has 0 saturated heterocycles. The normalized spacial score (nSPS) is 12.5.